The van der Waals surface area contributed by atoms with Crippen LogP contribution >= 0.6 is 0 Å². The summed E-state index contributed by atoms with van der Waals surface area (Å²) in [6.07, 6.45) is 7.89. The second-order valence-electron chi connectivity index (χ2n) is 8.92. The van der Waals surface area contributed by atoms with Gasteiger partial charge in [-0.3, -0.25) is 9.69 Å². The summed E-state index contributed by atoms with van der Waals surface area (Å²) in [4.78, 5) is 20.8. The Labute approximate surface area is 157 Å². The second kappa shape index (κ2) is 6.88. The zero-order chi connectivity index (χ0) is 17.5. The van der Waals surface area contributed by atoms with Gasteiger partial charge in [0.1, 0.15) is 0 Å². The van der Waals surface area contributed by atoms with Crippen molar-refractivity contribution < 1.29 is 4.79 Å². The number of benzene rings is 1. The Kier molecular flexibility index (Phi) is 4.39. The first-order chi connectivity index (χ1) is 12.8. The predicted molar refractivity (Wildman–Crippen MR) is 105 cm³/mol. The molecule has 1 amide bonds. The van der Waals surface area contributed by atoms with Crippen molar-refractivity contribution in [3.63, 3.8) is 0 Å². The Morgan fingerprint density at radius 1 is 0.962 bits per heavy atom. The average molecular weight is 354 g/mol. The minimum Gasteiger partial charge on any atom is -0.371 e. The van der Waals surface area contributed by atoms with Gasteiger partial charge in [0.05, 0.1) is 5.56 Å². The molecule has 1 aliphatic carbocycles. The molecular formula is C22H31N3O. The molecule has 0 N–H and O–H groups in total. The van der Waals surface area contributed by atoms with Gasteiger partial charge in [0.2, 0.25) is 0 Å². The highest BCUT2D eigenvalue weighted by atomic mass is 16.2. The van der Waals surface area contributed by atoms with E-state index in [0.29, 0.717) is 12.0 Å². The number of carbonyl (C=O) groups is 1. The number of hydrogen-bond acceptors (Lipinski definition) is 3. The van der Waals surface area contributed by atoms with Crippen molar-refractivity contribution in [2.45, 2.75) is 44.6 Å². The summed E-state index contributed by atoms with van der Waals surface area (Å²) < 4.78 is 0. The molecule has 0 unspecified atom stereocenters. The Balaban J connectivity index is 1.36. The van der Waals surface area contributed by atoms with Crippen molar-refractivity contribution >= 4 is 11.6 Å². The van der Waals surface area contributed by atoms with Crippen LogP contribution in [0.4, 0.5) is 5.69 Å². The minimum atomic E-state index is 0.262. The van der Waals surface area contributed by atoms with Gasteiger partial charge in [0.25, 0.3) is 5.91 Å². The van der Waals surface area contributed by atoms with E-state index in [-0.39, 0.29) is 5.91 Å². The molecule has 0 aromatic heterocycles. The maximum absolute atomic E-state index is 13.5. The number of nitrogens with zero attached hydrogens (tertiary/aromatic N) is 3. The molecular weight excluding hydrogens is 322 g/mol. The molecule has 2 atom stereocenters. The first kappa shape index (κ1) is 16.6. The van der Waals surface area contributed by atoms with Gasteiger partial charge in [0.15, 0.2) is 0 Å². The predicted octanol–water partition coefficient (Wildman–Crippen LogP) is 3.23. The van der Waals surface area contributed by atoms with E-state index >= 15 is 0 Å². The van der Waals surface area contributed by atoms with E-state index in [1.165, 1.54) is 51.6 Å². The number of rotatable bonds is 4. The van der Waals surface area contributed by atoms with Gasteiger partial charge in [-0.1, -0.05) is 12.1 Å². The lowest BCUT2D eigenvalue weighted by Gasteiger charge is -2.36. The Morgan fingerprint density at radius 2 is 1.77 bits per heavy atom. The highest BCUT2D eigenvalue weighted by molar-refractivity contribution is 6.00. The molecule has 4 saturated heterocycles. The Morgan fingerprint density at radius 3 is 2.58 bits per heavy atom. The molecule has 6 rings (SSSR count). The molecule has 1 aromatic rings. The van der Waals surface area contributed by atoms with Gasteiger partial charge in [-0.15, -0.1) is 0 Å². The second-order valence-corrected chi connectivity index (χ2v) is 8.92. The van der Waals surface area contributed by atoms with E-state index in [9.17, 15) is 4.79 Å². The van der Waals surface area contributed by atoms with Crippen LogP contribution in [0.2, 0.25) is 0 Å². The maximum atomic E-state index is 13.5. The normalized spacial score (nSPS) is 29.2. The van der Waals surface area contributed by atoms with Crippen molar-refractivity contribution in [3.05, 3.63) is 29.8 Å². The number of anilines is 1. The lowest BCUT2D eigenvalue weighted by atomic mass is 9.95. The SMILES string of the molecule is O=C(c1ccccc1N1CCCC1)N1C[C@H]2CC[C@@H](C1)N(CC1CC1)C2. The highest BCUT2D eigenvalue weighted by Gasteiger charge is 2.39. The Hall–Kier alpha value is -1.55. The lowest BCUT2D eigenvalue weighted by Crippen LogP contribution is -2.45. The van der Waals surface area contributed by atoms with Crippen LogP contribution in [0.5, 0.6) is 0 Å². The van der Waals surface area contributed by atoms with Crippen molar-refractivity contribution in [2.24, 2.45) is 11.8 Å². The molecule has 0 spiro atoms. The smallest absolute Gasteiger partial charge is 0.256 e. The third kappa shape index (κ3) is 3.24. The summed E-state index contributed by atoms with van der Waals surface area (Å²) in [7, 11) is 0. The third-order valence-corrected chi connectivity index (χ3v) is 6.89. The van der Waals surface area contributed by atoms with Crippen LogP contribution in [-0.2, 0) is 0 Å². The monoisotopic (exact) mass is 353 g/mol. The zero-order valence-corrected chi connectivity index (χ0v) is 15.8. The summed E-state index contributed by atoms with van der Waals surface area (Å²) in [6.45, 7) is 6.53. The molecule has 2 bridgehead atoms. The number of para-hydroxylation sites is 1. The van der Waals surface area contributed by atoms with Crippen molar-refractivity contribution in [3.8, 4) is 0 Å². The highest BCUT2D eigenvalue weighted by Crippen LogP contribution is 2.35. The number of hydrogen-bond donors (Lipinski definition) is 0. The zero-order valence-electron chi connectivity index (χ0n) is 15.8. The van der Waals surface area contributed by atoms with Crippen molar-refractivity contribution in [1.29, 1.82) is 0 Å². The van der Waals surface area contributed by atoms with Crippen LogP contribution in [0.3, 0.4) is 0 Å². The maximum Gasteiger partial charge on any atom is 0.256 e. The topological polar surface area (TPSA) is 26.8 Å². The molecule has 4 nitrogen and oxygen atoms in total. The van der Waals surface area contributed by atoms with Crippen LogP contribution < -0.4 is 4.90 Å². The molecule has 5 fully saturated rings. The van der Waals surface area contributed by atoms with E-state index in [4.69, 9.17) is 0 Å². The molecule has 4 heteroatoms. The van der Waals surface area contributed by atoms with E-state index in [1.807, 2.05) is 12.1 Å². The fourth-order valence-electron chi connectivity index (χ4n) is 5.26. The molecule has 4 heterocycles. The number of amides is 1. The molecule has 5 aliphatic rings. The van der Waals surface area contributed by atoms with Gasteiger partial charge < -0.3 is 9.80 Å². The average Bonchev–Trinajstić information content (AvgIpc) is 3.40. The first-order valence-electron chi connectivity index (χ1n) is 10.7. The standard InChI is InChI=1S/C22H31N3O/c26-22(20-5-1-2-6-21(20)23-11-3-4-12-23)25-15-18-9-10-19(16-25)24(14-18)13-17-7-8-17/h1-2,5-6,17-19H,3-4,7-16H2/t18-,19-/m0/s1. The molecule has 1 saturated carbocycles. The van der Waals surface area contributed by atoms with Gasteiger partial charge in [-0.2, -0.15) is 0 Å². The summed E-state index contributed by atoms with van der Waals surface area (Å²) in [5, 5.41) is 0. The summed E-state index contributed by atoms with van der Waals surface area (Å²) in [5.74, 6) is 1.86. The number of piperidine rings is 1. The fraction of sp³-hybridized carbons (Fsp3) is 0.682. The summed E-state index contributed by atoms with van der Waals surface area (Å²) >= 11 is 0. The van der Waals surface area contributed by atoms with Crippen LogP contribution in [0.15, 0.2) is 24.3 Å². The van der Waals surface area contributed by atoms with Crippen molar-refractivity contribution in [1.82, 2.24) is 9.80 Å². The summed E-state index contributed by atoms with van der Waals surface area (Å²) in [6, 6.07) is 8.87. The fourth-order valence-corrected chi connectivity index (χ4v) is 5.26. The molecule has 1 aromatic carbocycles. The number of fused-ring (bicyclic) bond motifs is 4. The molecule has 4 aliphatic heterocycles. The quantitative estimate of drug-likeness (QED) is 0.831. The van der Waals surface area contributed by atoms with E-state index in [1.54, 1.807) is 0 Å². The molecule has 140 valence electrons. The summed E-state index contributed by atoms with van der Waals surface area (Å²) in [5.41, 5.74) is 2.07. The lowest BCUT2D eigenvalue weighted by molar-refractivity contribution is 0.0737. The van der Waals surface area contributed by atoms with Crippen molar-refractivity contribution in [2.75, 3.05) is 44.2 Å². The van der Waals surface area contributed by atoms with E-state index in [2.05, 4.69) is 26.8 Å². The molecule has 0 radical (unpaired) electrons. The molecule has 26 heavy (non-hydrogen) atoms. The Bertz CT molecular complexity index is 665. The largest absolute Gasteiger partial charge is 0.371 e. The van der Waals surface area contributed by atoms with Crippen LogP contribution in [-0.4, -0.2) is 61.0 Å². The van der Waals surface area contributed by atoms with E-state index < -0.39 is 0 Å². The van der Waals surface area contributed by atoms with Gasteiger partial charge in [-0.25, -0.2) is 0 Å². The van der Waals surface area contributed by atoms with E-state index in [0.717, 1.165) is 43.3 Å². The minimum absolute atomic E-state index is 0.262. The number of carbonyl (C=O) groups excluding carboxylic acids is 1. The van der Waals surface area contributed by atoms with Crippen LogP contribution in [0.1, 0.15) is 48.9 Å². The van der Waals surface area contributed by atoms with Gasteiger partial charge >= 0.3 is 0 Å². The van der Waals surface area contributed by atoms with Crippen LogP contribution in [0.25, 0.3) is 0 Å². The van der Waals surface area contributed by atoms with Gasteiger partial charge in [0, 0.05) is 51.0 Å². The first-order valence-corrected chi connectivity index (χ1v) is 10.7. The van der Waals surface area contributed by atoms with Crippen LogP contribution in [0, 0.1) is 11.8 Å². The van der Waals surface area contributed by atoms with Gasteiger partial charge in [-0.05, 0) is 62.5 Å². The third-order valence-electron chi connectivity index (χ3n) is 6.89.